The minimum Gasteiger partial charge on any atom is -0.390 e. The largest absolute Gasteiger partial charge is 0.390 e. The molecule has 4 rings (SSSR count). The van der Waals surface area contributed by atoms with Crippen LogP contribution in [0.4, 0.5) is 5.69 Å². The van der Waals surface area contributed by atoms with Gasteiger partial charge < -0.3 is 19.9 Å². The number of aliphatic hydroxyl groups is 1. The highest BCUT2D eigenvalue weighted by Gasteiger charge is 2.23. The van der Waals surface area contributed by atoms with Crippen LogP contribution in [0.3, 0.4) is 0 Å². The Balaban J connectivity index is 1.29. The van der Waals surface area contributed by atoms with E-state index in [1.54, 1.807) is 18.2 Å². The van der Waals surface area contributed by atoms with Gasteiger partial charge in [0.15, 0.2) is 0 Å². The molecule has 0 spiro atoms. The number of piperazine rings is 1. The van der Waals surface area contributed by atoms with Crippen LogP contribution in [0.15, 0.2) is 42.5 Å². The summed E-state index contributed by atoms with van der Waals surface area (Å²) in [5.41, 5.74) is 2.88. The fourth-order valence-corrected chi connectivity index (χ4v) is 4.93. The van der Waals surface area contributed by atoms with E-state index in [4.69, 9.17) is 34.8 Å². The summed E-state index contributed by atoms with van der Waals surface area (Å²) in [7, 11) is 0. The fourth-order valence-electron chi connectivity index (χ4n) is 4.39. The number of hydrogen-bond donors (Lipinski definition) is 2. The normalized spacial score (nSPS) is 15.3. The van der Waals surface area contributed by atoms with Gasteiger partial charge in [0.05, 0.1) is 27.5 Å². The van der Waals surface area contributed by atoms with Gasteiger partial charge in [-0.05, 0) is 50.2 Å². The fraction of sp³-hybridized carbons (Fsp3) is 0.360. The van der Waals surface area contributed by atoms with Crippen molar-refractivity contribution < 1.29 is 9.90 Å². The highest BCUT2D eigenvalue weighted by molar-refractivity contribution is 6.43. The molecule has 1 atom stereocenters. The van der Waals surface area contributed by atoms with Crippen molar-refractivity contribution in [3.63, 3.8) is 0 Å². The van der Waals surface area contributed by atoms with E-state index in [0.717, 1.165) is 43.2 Å². The molecule has 1 saturated heterocycles. The number of carbonyl (C=O) groups excluding carboxylic acids is 1. The molecular weight excluding hydrogens is 509 g/mol. The van der Waals surface area contributed by atoms with Gasteiger partial charge in [-0.1, -0.05) is 40.9 Å². The van der Waals surface area contributed by atoms with Gasteiger partial charge in [0, 0.05) is 50.0 Å². The molecule has 186 valence electrons. The van der Waals surface area contributed by atoms with E-state index in [1.807, 2.05) is 42.7 Å². The molecule has 10 heteroatoms. The third-order valence-corrected chi connectivity index (χ3v) is 7.25. The Kier molecular flexibility index (Phi) is 8.24. The number of β-amino-alcohol motifs (C(OH)–C–C–N with tert-alkyl or cyclic N) is 1. The van der Waals surface area contributed by atoms with E-state index in [2.05, 4.69) is 20.1 Å². The minimum absolute atomic E-state index is 0.144. The van der Waals surface area contributed by atoms with Crippen molar-refractivity contribution >= 4 is 46.4 Å². The van der Waals surface area contributed by atoms with Crippen molar-refractivity contribution in [1.29, 1.82) is 0 Å². The lowest BCUT2D eigenvalue weighted by Crippen LogP contribution is -2.50. The smallest absolute Gasteiger partial charge is 0.271 e. The molecular formula is C25H28Cl3N5O2. The molecule has 35 heavy (non-hydrogen) atoms. The monoisotopic (exact) mass is 535 g/mol. The van der Waals surface area contributed by atoms with Gasteiger partial charge >= 0.3 is 0 Å². The average molecular weight is 537 g/mol. The van der Waals surface area contributed by atoms with Crippen LogP contribution in [-0.2, 0) is 0 Å². The van der Waals surface area contributed by atoms with Crippen molar-refractivity contribution in [2.75, 3.05) is 44.2 Å². The number of aliphatic hydroxyl groups excluding tert-OH is 1. The molecule has 1 aliphatic rings. The van der Waals surface area contributed by atoms with Gasteiger partial charge in [-0.3, -0.25) is 9.69 Å². The number of aryl methyl sites for hydroxylation is 1. The van der Waals surface area contributed by atoms with Gasteiger partial charge in [-0.25, -0.2) is 4.98 Å². The standard InChI is InChI=1S/C25H28Cl3N5O2/c1-16-24(30-17(2)33(16)19-8-6-18(26)7-9-19)25(35)29-14-20(34)15-31-10-12-32(13-11-31)22-5-3-4-21(27)23(22)28/h3-9,20,34H,10-15H2,1-2H3,(H,29,35). The Bertz CT molecular complexity index is 1190. The van der Waals surface area contributed by atoms with Gasteiger partial charge in [-0.2, -0.15) is 0 Å². The Morgan fingerprint density at radius 1 is 1.06 bits per heavy atom. The van der Waals surface area contributed by atoms with Crippen molar-refractivity contribution in [1.82, 2.24) is 19.8 Å². The van der Waals surface area contributed by atoms with E-state index < -0.39 is 6.10 Å². The number of carbonyl (C=O) groups is 1. The number of hydrogen-bond acceptors (Lipinski definition) is 5. The summed E-state index contributed by atoms with van der Waals surface area (Å²) in [5, 5.41) is 15.1. The van der Waals surface area contributed by atoms with Crippen LogP contribution in [0.1, 0.15) is 22.0 Å². The average Bonchev–Trinajstić information content (AvgIpc) is 3.14. The van der Waals surface area contributed by atoms with Crippen LogP contribution in [0.25, 0.3) is 5.69 Å². The van der Waals surface area contributed by atoms with Crippen LogP contribution < -0.4 is 10.2 Å². The number of benzene rings is 2. The zero-order valence-electron chi connectivity index (χ0n) is 19.6. The molecule has 0 saturated carbocycles. The molecule has 7 nitrogen and oxygen atoms in total. The van der Waals surface area contributed by atoms with Crippen LogP contribution in [-0.4, -0.2) is 70.8 Å². The molecule has 0 aliphatic carbocycles. The molecule has 0 radical (unpaired) electrons. The maximum atomic E-state index is 12.8. The highest BCUT2D eigenvalue weighted by atomic mass is 35.5. The van der Waals surface area contributed by atoms with Crippen molar-refractivity contribution in [2.45, 2.75) is 20.0 Å². The maximum absolute atomic E-state index is 12.8. The topological polar surface area (TPSA) is 73.6 Å². The first-order valence-corrected chi connectivity index (χ1v) is 12.6. The molecule has 0 bridgehead atoms. The maximum Gasteiger partial charge on any atom is 0.271 e. The number of halogens is 3. The lowest BCUT2D eigenvalue weighted by molar-refractivity contribution is 0.0847. The lowest BCUT2D eigenvalue weighted by Gasteiger charge is -2.37. The number of amides is 1. The number of aromatic nitrogens is 2. The first kappa shape index (κ1) is 25.8. The predicted molar refractivity (Wildman–Crippen MR) is 142 cm³/mol. The quantitative estimate of drug-likeness (QED) is 0.469. The Morgan fingerprint density at radius 3 is 2.43 bits per heavy atom. The van der Waals surface area contributed by atoms with E-state index in [1.165, 1.54) is 0 Å². The summed E-state index contributed by atoms with van der Waals surface area (Å²) < 4.78 is 1.91. The molecule has 2 heterocycles. The predicted octanol–water partition coefficient (Wildman–Crippen LogP) is 4.36. The van der Waals surface area contributed by atoms with Crippen molar-refractivity contribution in [2.24, 2.45) is 0 Å². The first-order valence-electron chi connectivity index (χ1n) is 11.4. The van der Waals surface area contributed by atoms with E-state index in [0.29, 0.717) is 33.1 Å². The number of anilines is 1. The molecule has 2 aromatic carbocycles. The van der Waals surface area contributed by atoms with E-state index in [-0.39, 0.29) is 12.5 Å². The molecule has 1 aromatic heterocycles. The van der Waals surface area contributed by atoms with Crippen LogP contribution in [0.2, 0.25) is 15.1 Å². The zero-order valence-corrected chi connectivity index (χ0v) is 21.9. The van der Waals surface area contributed by atoms with E-state index >= 15 is 0 Å². The van der Waals surface area contributed by atoms with Crippen LogP contribution in [0, 0.1) is 13.8 Å². The number of rotatable bonds is 7. The molecule has 1 fully saturated rings. The van der Waals surface area contributed by atoms with Crippen molar-refractivity contribution in [3.05, 3.63) is 74.7 Å². The molecule has 1 amide bonds. The second kappa shape index (κ2) is 11.2. The highest BCUT2D eigenvalue weighted by Crippen LogP contribution is 2.32. The summed E-state index contributed by atoms with van der Waals surface area (Å²) in [5.74, 6) is 0.394. The third kappa shape index (κ3) is 5.93. The molecule has 1 unspecified atom stereocenters. The number of nitrogens with one attached hydrogen (secondary N) is 1. The number of imidazole rings is 1. The Morgan fingerprint density at radius 2 is 1.74 bits per heavy atom. The zero-order chi connectivity index (χ0) is 25.1. The minimum atomic E-state index is -0.694. The second-order valence-electron chi connectivity index (χ2n) is 8.63. The van der Waals surface area contributed by atoms with Gasteiger partial charge in [0.25, 0.3) is 5.91 Å². The molecule has 2 N–H and O–H groups in total. The Hall–Kier alpha value is -2.29. The van der Waals surface area contributed by atoms with Gasteiger partial charge in [0.1, 0.15) is 11.5 Å². The van der Waals surface area contributed by atoms with E-state index in [9.17, 15) is 9.90 Å². The second-order valence-corrected chi connectivity index (χ2v) is 9.85. The third-order valence-electron chi connectivity index (χ3n) is 6.19. The molecule has 3 aromatic rings. The van der Waals surface area contributed by atoms with Gasteiger partial charge in [-0.15, -0.1) is 0 Å². The lowest BCUT2D eigenvalue weighted by atomic mass is 10.2. The summed E-state index contributed by atoms with van der Waals surface area (Å²) in [6.07, 6.45) is -0.694. The summed E-state index contributed by atoms with van der Waals surface area (Å²) in [4.78, 5) is 21.6. The first-order chi connectivity index (χ1) is 16.7. The molecule has 1 aliphatic heterocycles. The van der Waals surface area contributed by atoms with Gasteiger partial charge in [0.2, 0.25) is 0 Å². The Labute approximate surface area is 220 Å². The number of nitrogens with zero attached hydrogens (tertiary/aromatic N) is 4. The van der Waals surface area contributed by atoms with Crippen molar-refractivity contribution in [3.8, 4) is 5.69 Å². The summed E-state index contributed by atoms with van der Waals surface area (Å²) in [6, 6.07) is 13.0. The van der Waals surface area contributed by atoms with Crippen LogP contribution >= 0.6 is 34.8 Å². The summed E-state index contributed by atoms with van der Waals surface area (Å²) in [6.45, 7) is 7.42. The van der Waals surface area contributed by atoms with Crippen LogP contribution in [0.5, 0.6) is 0 Å². The SMILES string of the molecule is Cc1nc(C(=O)NCC(O)CN2CCN(c3cccc(Cl)c3Cl)CC2)c(C)n1-c1ccc(Cl)cc1. The summed E-state index contributed by atoms with van der Waals surface area (Å²) >= 11 is 18.5.